The minimum Gasteiger partial charge on any atom is -0.378 e. The molecule has 2 rings (SSSR count). The number of hydrogen-bond donors (Lipinski definition) is 0. The van der Waals surface area contributed by atoms with Crippen LogP contribution in [0.15, 0.2) is 6.07 Å². The maximum absolute atomic E-state index is 5.97. The van der Waals surface area contributed by atoms with Crippen molar-refractivity contribution in [2.75, 3.05) is 33.9 Å². The molecule has 0 aromatic carbocycles. The second-order valence-electron chi connectivity index (χ2n) is 4.09. The fourth-order valence-corrected chi connectivity index (χ4v) is 2.00. The number of nitrogens with zero attached hydrogens (tertiary/aromatic N) is 3. The van der Waals surface area contributed by atoms with Crippen molar-refractivity contribution in [3.63, 3.8) is 0 Å². The van der Waals surface area contributed by atoms with Gasteiger partial charge < -0.3 is 14.4 Å². The molecule has 0 amide bonds. The normalized spacial score (nSPS) is 21.7. The van der Waals surface area contributed by atoms with Gasteiger partial charge in [-0.05, 0) is 13.1 Å². The summed E-state index contributed by atoms with van der Waals surface area (Å²) in [5.74, 6) is 0.635. The standard InChI is InChI=1S/C11H16ClN3O2/c1-15-3-4-17-9(6-15)11-13-8(7-16-2)5-10(12)14-11/h5,9H,3-4,6-7H2,1-2H3. The molecule has 94 valence electrons. The van der Waals surface area contributed by atoms with Crippen molar-refractivity contribution < 1.29 is 9.47 Å². The molecule has 0 aliphatic carbocycles. The average molecular weight is 258 g/mol. The van der Waals surface area contributed by atoms with E-state index in [-0.39, 0.29) is 6.10 Å². The highest BCUT2D eigenvalue weighted by atomic mass is 35.5. The van der Waals surface area contributed by atoms with E-state index in [1.54, 1.807) is 13.2 Å². The Hall–Kier alpha value is -0.750. The van der Waals surface area contributed by atoms with Crippen LogP contribution in [0.2, 0.25) is 5.15 Å². The second kappa shape index (κ2) is 5.73. The van der Waals surface area contributed by atoms with Gasteiger partial charge in [-0.3, -0.25) is 0 Å². The summed E-state index contributed by atoms with van der Waals surface area (Å²) in [7, 11) is 3.68. The van der Waals surface area contributed by atoms with E-state index in [1.807, 2.05) is 0 Å². The Morgan fingerprint density at radius 2 is 2.41 bits per heavy atom. The molecule has 0 radical (unpaired) electrons. The van der Waals surface area contributed by atoms with Gasteiger partial charge in [0.05, 0.1) is 18.9 Å². The third-order valence-corrected chi connectivity index (χ3v) is 2.81. The van der Waals surface area contributed by atoms with E-state index < -0.39 is 0 Å². The molecule has 1 saturated heterocycles. The van der Waals surface area contributed by atoms with E-state index in [0.29, 0.717) is 24.2 Å². The minimum absolute atomic E-state index is 0.108. The fraction of sp³-hybridized carbons (Fsp3) is 0.636. The van der Waals surface area contributed by atoms with Gasteiger partial charge in [-0.25, -0.2) is 9.97 Å². The average Bonchev–Trinajstić information content (AvgIpc) is 2.28. The van der Waals surface area contributed by atoms with Crippen molar-refractivity contribution in [3.8, 4) is 0 Å². The SMILES string of the molecule is COCc1cc(Cl)nc(C2CN(C)CCO2)n1. The molecule has 1 fully saturated rings. The quantitative estimate of drug-likeness (QED) is 0.764. The van der Waals surface area contributed by atoms with E-state index in [1.165, 1.54) is 0 Å². The Bertz CT molecular complexity index is 389. The summed E-state index contributed by atoms with van der Waals surface area (Å²) in [5.41, 5.74) is 0.777. The van der Waals surface area contributed by atoms with Gasteiger partial charge in [-0.2, -0.15) is 0 Å². The van der Waals surface area contributed by atoms with Crippen LogP contribution in [0.25, 0.3) is 0 Å². The molecular weight excluding hydrogens is 242 g/mol. The first-order valence-electron chi connectivity index (χ1n) is 5.51. The molecular formula is C11H16ClN3O2. The smallest absolute Gasteiger partial charge is 0.160 e. The monoisotopic (exact) mass is 257 g/mol. The number of rotatable bonds is 3. The third-order valence-electron chi connectivity index (χ3n) is 2.61. The zero-order valence-corrected chi connectivity index (χ0v) is 10.8. The maximum atomic E-state index is 5.97. The summed E-state index contributed by atoms with van der Waals surface area (Å²) < 4.78 is 10.7. The van der Waals surface area contributed by atoms with Crippen molar-refractivity contribution in [1.82, 2.24) is 14.9 Å². The number of likely N-dealkylation sites (N-methyl/N-ethyl adjacent to an activating group) is 1. The largest absolute Gasteiger partial charge is 0.378 e. The lowest BCUT2D eigenvalue weighted by molar-refractivity contribution is -0.0257. The van der Waals surface area contributed by atoms with Crippen molar-refractivity contribution in [2.45, 2.75) is 12.7 Å². The lowest BCUT2D eigenvalue weighted by Crippen LogP contribution is -2.36. The van der Waals surface area contributed by atoms with Crippen molar-refractivity contribution in [3.05, 3.63) is 22.7 Å². The first-order chi connectivity index (χ1) is 8.19. The Morgan fingerprint density at radius 1 is 1.59 bits per heavy atom. The van der Waals surface area contributed by atoms with Crippen LogP contribution in [0.5, 0.6) is 0 Å². The highest BCUT2D eigenvalue weighted by molar-refractivity contribution is 6.29. The van der Waals surface area contributed by atoms with Crippen LogP contribution in [0.1, 0.15) is 17.6 Å². The van der Waals surface area contributed by atoms with Crippen LogP contribution in [-0.2, 0) is 16.1 Å². The van der Waals surface area contributed by atoms with Gasteiger partial charge >= 0.3 is 0 Å². The molecule has 17 heavy (non-hydrogen) atoms. The van der Waals surface area contributed by atoms with E-state index >= 15 is 0 Å². The van der Waals surface area contributed by atoms with Crippen molar-refractivity contribution >= 4 is 11.6 Å². The zero-order chi connectivity index (χ0) is 12.3. The third kappa shape index (κ3) is 3.35. The highest BCUT2D eigenvalue weighted by Crippen LogP contribution is 2.20. The van der Waals surface area contributed by atoms with Crippen LogP contribution in [0.4, 0.5) is 0 Å². The molecule has 1 aliphatic rings. The number of hydrogen-bond acceptors (Lipinski definition) is 5. The number of ether oxygens (including phenoxy) is 2. The molecule has 0 saturated carbocycles. The van der Waals surface area contributed by atoms with Crippen LogP contribution in [-0.4, -0.2) is 48.7 Å². The Morgan fingerprint density at radius 3 is 3.12 bits per heavy atom. The fourth-order valence-electron chi connectivity index (χ4n) is 1.78. The highest BCUT2D eigenvalue weighted by Gasteiger charge is 2.22. The van der Waals surface area contributed by atoms with E-state index in [2.05, 4.69) is 21.9 Å². The van der Waals surface area contributed by atoms with Crippen LogP contribution < -0.4 is 0 Å². The first-order valence-corrected chi connectivity index (χ1v) is 5.89. The summed E-state index contributed by atoms with van der Waals surface area (Å²) in [6.45, 7) is 2.84. The van der Waals surface area contributed by atoms with Gasteiger partial charge in [-0.1, -0.05) is 11.6 Å². The van der Waals surface area contributed by atoms with Crippen molar-refractivity contribution in [2.24, 2.45) is 0 Å². The molecule has 1 unspecified atom stereocenters. The molecule has 1 aromatic rings. The molecule has 5 nitrogen and oxygen atoms in total. The van der Waals surface area contributed by atoms with Gasteiger partial charge in [0, 0.05) is 20.2 Å². The lowest BCUT2D eigenvalue weighted by atomic mass is 10.2. The molecule has 1 atom stereocenters. The van der Waals surface area contributed by atoms with E-state index in [4.69, 9.17) is 21.1 Å². The number of aromatic nitrogens is 2. The molecule has 0 spiro atoms. The number of halogens is 1. The summed E-state index contributed by atoms with van der Waals surface area (Å²) in [5, 5.41) is 0.430. The van der Waals surface area contributed by atoms with E-state index in [9.17, 15) is 0 Å². The van der Waals surface area contributed by atoms with Crippen molar-refractivity contribution in [1.29, 1.82) is 0 Å². The van der Waals surface area contributed by atoms with Crippen LogP contribution >= 0.6 is 11.6 Å². The lowest BCUT2D eigenvalue weighted by Gasteiger charge is -2.29. The Kier molecular flexibility index (Phi) is 4.28. The predicted molar refractivity (Wildman–Crippen MR) is 63.9 cm³/mol. The summed E-state index contributed by atoms with van der Waals surface area (Å²) in [4.78, 5) is 10.8. The van der Waals surface area contributed by atoms with Gasteiger partial charge in [0.1, 0.15) is 11.3 Å². The molecule has 6 heteroatoms. The summed E-state index contributed by atoms with van der Waals surface area (Å²) in [6.07, 6.45) is -0.108. The molecule has 0 bridgehead atoms. The molecule has 0 N–H and O–H groups in total. The molecule has 2 heterocycles. The zero-order valence-electron chi connectivity index (χ0n) is 10.0. The van der Waals surface area contributed by atoms with Gasteiger partial charge in [0.2, 0.25) is 0 Å². The minimum atomic E-state index is -0.108. The molecule has 1 aromatic heterocycles. The number of morpholine rings is 1. The Balaban J connectivity index is 2.18. The summed E-state index contributed by atoms with van der Waals surface area (Å²) >= 11 is 5.97. The van der Waals surface area contributed by atoms with Gasteiger partial charge in [-0.15, -0.1) is 0 Å². The van der Waals surface area contributed by atoms with E-state index in [0.717, 1.165) is 18.8 Å². The second-order valence-corrected chi connectivity index (χ2v) is 4.48. The molecule has 1 aliphatic heterocycles. The van der Waals surface area contributed by atoms with Gasteiger partial charge in [0.15, 0.2) is 5.82 Å². The maximum Gasteiger partial charge on any atom is 0.160 e. The Labute approximate surface area is 106 Å². The van der Waals surface area contributed by atoms with Gasteiger partial charge in [0.25, 0.3) is 0 Å². The number of methoxy groups -OCH3 is 1. The topological polar surface area (TPSA) is 47.5 Å². The van der Waals surface area contributed by atoms with Crippen LogP contribution in [0.3, 0.4) is 0 Å². The first kappa shape index (κ1) is 12.7. The predicted octanol–water partition coefficient (Wildman–Crippen LogP) is 1.28. The summed E-state index contributed by atoms with van der Waals surface area (Å²) in [6, 6.07) is 1.71. The van der Waals surface area contributed by atoms with Crippen LogP contribution in [0, 0.1) is 0 Å².